The molecule has 0 bridgehead atoms. The Bertz CT molecular complexity index is 1230. The van der Waals surface area contributed by atoms with Crippen molar-refractivity contribution in [3.8, 4) is 0 Å². The number of nitrogens with two attached hydrogens (primary N) is 2. The summed E-state index contributed by atoms with van der Waals surface area (Å²) >= 11 is 0. The second-order valence-corrected chi connectivity index (χ2v) is 18.5. The molecule has 16 atom stereocenters. The molecule has 7 N–H and O–H groups in total. The van der Waals surface area contributed by atoms with Crippen molar-refractivity contribution < 1.29 is 15.3 Å². The first-order chi connectivity index (χ1) is 20.3. The lowest BCUT2D eigenvalue weighted by atomic mass is 9.31. The summed E-state index contributed by atoms with van der Waals surface area (Å²) in [5, 5.41) is 34.4. The molecule has 0 radical (unpaired) electrons. The number of aliphatic hydroxyl groups is 3. The van der Waals surface area contributed by atoms with Crippen LogP contribution in [0.25, 0.3) is 0 Å². The lowest BCUT2D eigenvalue weighted by molar-refractivity contribution is -0.264. The minimum atomic E-state index is -0.350. The molecule has 0 aromatic heterocycles. The molecule has 5 nitrogen and oxygen atoms in total. The van der Waals surface area contributed by atoms with Crippen molar-refractivity contribution in [1.82, 2.24) is 0 Å². The first-order valence-corrected chi connectivity index (χ1v) is 18.3. The van der Waals surface area contributed by atoms with Crippen molar-refractivity contribution in [2.75, 3.05) is 0 Å². The summed E-state index contributed by atoms with van der Waals surface area (Å²) in [6.07, 6.45) is 19.1. The highest BCUT2D eigenvalue weighted by Gasteiger charge is 2.72. The zero-order chi connectivity index (χ0) is 30.3. The van der Waals surface area contributed by atoms with Gasteiger partial charge in [-0.2, -0.15) is 0 Å². The van der Waals surface area contributed by atoms with E-state index in [-0.39, 0.29) is 51.2 Å². The Labute approximate surface area is 260 Å². The van der Waals surface area contributed by atoms with Crippen LogP contribution in [0, 0.1) is 74.4 Å². The van der Waals surface area contributed by atoms with E-state index in [0.29, 0.717) is 52.9 Å². The van der Waals surface area contributed by atoms with E-state index in [0.717, 1.165) is 70.6 Å². The van der Waals surface area contributed by atoms with Crippen molar-refractivity contribution in [2.24, 2.45) is 85.9 Å². The first-order valence-electron chi connectivity index (χ1n) is 18.3. The highest BCUT2D eigenvalue weighted by atomic mass is 16.3. The maximum absolute atomic E-state index is 12.4. The van der Waals surface area contributed by atoms with Crippen LogP contribution in [-0.4, -0.2) is 33.5 Å². The fraction of sp³-hybridized carbons (Fsp3) is 0.895. The average molecular weight is 593 g/mol. The zero-order valence-electron chi connectivity index (χ0n) is 27.4. The number of hydrogen-bond acceptors (Lipinski definition) is 5. The normalized spacial score (nSPS) is 60.8. The molecular weight excluding hydrogens is 532 g/mol. The highest BCUT2D eigenvalue weighted by molar-refractivity contribution is 5.26. The fourth-order valence-electron chi connectivity index (χ4n) is 15.4. The van der Waals surface area contributed by atoms with Crippen LogP contribution < -0.4 is 11.5 Å². The largest absolute Gasteiger partial charge is 0.512 e. The number of aliphatic hydroxyl groups excluding tert-OH is 3. The lowest BCUT2D eigenvalue weighted by Gasteiger charge is -2.74. The molecule has 43 heavy (non-hydrogen) atoms. The number of fused-ring (bicyclic) bond motifs is 10. The van der Waals surface area contributed by atoms with Gasteiger partial charge in [-0.25, -0.2) is 0 Å². The fourth-order valence-corrected chi connectivity index (χ4v) is 15.4. The summed E-state index contributed by atoms with van der Waals surface area (Å²) in [7, 11) is 0. The zero-order valence-corrected chi connectivity index (χ0v) is 27.4. The predicted molar refractivity (Wildman–Crippen MR) is 171 cm³/mol. The topological polar surface area (TPSA) is 113 Å². The molecular formula is C38H60N2O3. The van der Waals surface area contributed by atoms with Gasteiger partial charge in [0.2, 0.25) is 0 Å². The van der Waals surface area contributed by atoms with E-state index in [1.165, 1.54) is 19.3 Å². The highest BCUT2D eigenvalue weighted by Crippen LogP contribution is 2.77. The molecule has 0 amide bonds. The van der Waals surface area contributed by atoms with Gasteiger partial charge in [-0.3, -0.25) is 0 Å². The third-order valence-electron chi connectivity index (χ3n) is 17.6. The Morgan fingerprint density at radius 2 is 1.35 bits per heavy atom. The van der Waals surface area contributed by atoms with E-state index in [4.69, 9.17) is 11.5 Å². The van der Waals surface area contributed by atoms with Gasteiger partial charge in [-0.1, -0.05) is 27.7 Å². The van der Waals surface area contributed by atoms with Gasteiger partial charge < -0.3 is 26.8 Å². The van der Waals surface area contributed by atoms with Crippen LogP contribution >= 0.6 is 0 Å². The molecule has 8 aliphatic carbocycles. The van der Waals surface area contributed by atoms with Gasteiger partial charge in [0.1, 0.15) is 0 Å². The van der Waals surface area contributed by atoms with Crippen molar-refractivity contribution in [3.63, 3.8) is 0 Å². The van der Waals surface area contributed by atoms with E-state index in [9.17, 15) is 15.3 Å². The first kappa shape index (κ1) is 29.4. The van der Waals surface area contributed by atoms with Gasteiger partial charge in [0.05, 0.1) is 17.6 Å². The summed E-state index contributed by atoms with van der Waals surface area (Å²) < 4.78 is 0. The van der Waals surface area contributed by atoms with Crippen molar-refractivity contribution >= 4 is 0 Å². The Morgan fingerprint density at radius 3 is 2.07 bits per heavy atom. The van der Waals surface area contributed by atoms with E-state index in [1.807, 2.05) is 0 Å². The van der Waals surface area contributed by atoms with Crippen LogP contribution in [0.5, 0.6) is 0 Å². The predicted octanol–water partition coefficient (Wildman–Crippen LogP) is 7.40. The van der Waals surface area contributed by atoms with E-state index >= 15 is 0 Å². The van der Waals surface area contributed by atoms with Gasteiger partial charge in [0.25, 0.3) is 0 Å². The van der Waals surface area contributed by atoms with E-state index in [2.05, 4.69) is 39.8 Å². The Hall–Kier alpha value is -1.04. The van der Waals surface area contributed by atoms with Crippen molar-refractivity contribution in [3.05, 3.63) is 23.7 Å². The summed E-state index contributed by atoms with van der Waals surface area (Å²) in [6, 6.07) is 0.413. The molecule has 0 spiro atoms. The maximum Gasteiger partial charge on any atom is 0.0944 e. The van der Waals surface area contributed by atoms with Gasteiger partial charge in [0, 0.05) is 22.9 Å². The third kappa shape index (κ3) is 3.52. The summed E-state index contributed by atoms with van der Waals surface area (Å²) in [5.74, 6) is 5.24. The molecule has 6 unspecified atom stereocenters. The molecule has 240 valence electrons. The Kier molecular flexibility index (Phi) is 6.34. The standard InChI is InChI=1S/C38H60N2O3/c1-34-14-12-26-24(25(34)7-9-31(34)42)6-5-21-17-23(40)18-30(37(21,26)4)38-19-22(39)11-16-36(38,3)28-13-15-35(2)27(8-10-32(35)43)33(28)29(41)20-38/h9-10,21-30,33,41-43H,5-8,11-20,39-40H2,1-4H3/t21?,22?,23?,24-,25-,26+,27-,28+,29?,30?,33-,34-,35-,36+,37-,38?/m0/s1. The lowest BCUT2D eigenvalue weighted by Crippen LogP contribution is -2.70. The second-order valence-electron chi connectivity index (χ2n) is 18.5. The third-order valence-corrected chi connectivity index (χ3v) is 17.6. The molecule has 0 heterocycles. The second kappa shape index (κ2) is 9.28. The molecule has 0 aliphatic heterocycles. The molecule has 0 aromatic rings. The van der Waals surface area contributed by atoms with E-state index in [1.54, 1.807) is 0 Å². The SMILES string of the molecule is C[C@]12C(CC[C@@H]3[C@H]1CC[C@]1(C)C(O)=CC[C@@H]31)CC(N)CC2C12CC(N)CC[C@]1(C)[C@@H]1CC[C@]3(C)C(O)=CC[C@H]3[C@@H]1C(O)C2. The monoisotopic (exact) mass is 592 g/mol. The number of rotatable bonds is 1. The van der Waals surface area contributed by atoms with Gasteiger partial charge >= 0.3 is 0 Å². The number of allylic oxidation sites excluding steroid dienone is 4. The maximum atomic E-state index is 12.4. The summed E-state index contributed by atoms with van der Waals surface area (Å²) in [4.78, 5) is 0. The summed E-state index contributed by atoms with van der Waals surface area (Å²) in [5.41, 5.74) is 14.2. The Morgan fingerprint density at radius 1 is 0.698 bits per heavy atom. The molecule has 0 saturated heterocycles. The smallest absolute Gasteiger partial charge is 0.0944 e. The van der Waals surface area contributed by atoms with Gasteiger partial charge in [-0.05, 0) is 166 Å². The van der Waals surface area contributed by atoms with Crippen LogP contribution in [0.15, 0.2) is 23.7 Å². The minimum absolute atomic E-state index is 0.0170. The molecule has 0 aromatic carbocycles. The molecule has 5 heteroatoms. The molecule has 8 aliphatic rings. The van der Waals surface area contributed by atoms with Crippen LogP contribution in [0.2, 0.25) is 0 Å². The van der Waals surface area contributed by atoms with Crippen LogP contribution in [-0.2, 0) is 0 Å². The van der Waals surface area contributed by atoms with Gasteiger partial charge in [0.15, 0.2) is 0 Å². The minimum Gasteiger partial charge on any atom is -0.512 e. The van der Waals surface area contributed by atoms with Gasteiger partial charge in [-0.15, -0.1) is 0 Å². The van der Waals surface area contributed by atoms with Crippen LogP contribution in [0.3, 0.4) is 0 Å². The van der Waals surface area contributed by atoms with E-state index < -0.39 is 0 Å². The molecule has 8 rings (SSSR count). The quantitative estimate of drug-likeness (QED) is 0.218. The molecule has 6 fully saturated rings. The molecule has 6 saturated carbocycles. The Balaban J connectivity index is 1.23. The summed E-state index contributed by atoms with van der Waals surface area (Å²) in [6.45, 7) is 9.94. The van der Waals surface area contributed by atoms with Crippen LogP contribution in [0.1, 0.15) is 118 Å². The van der Waals surface area contributed by atoms with Crippen LogP contribution in [0.4, 0.5) is 0 Å². The number of hydrogen-bond donors (Lipinski definition) is 5. The van der Waals surface area contributed by atoms with Crippen molar-refractivity contribution in [1.29, 1.82) is 0 Å². The van der Waals surface area contributed by atoms with Crippen molar-refractivity contribution in [2.45, 2.75) is 136 Å². The average Bonchev–Trinajstić information content (AvgIpc) is 3.44.